The number of nitrogens with one attached hydrogen (secondary N) is 1. The second-order valence-electron chi connectivity index (χ2n) is 5.72. The van der Waals surface area contributed by atoms with Gasteiger partial charge in [-0.05, 0) is 30.7 Å². The number of hydrogen-bond donors (Lipinski definition) is 1. The summed E-state index contributed by atoms with van der Waals surface area (Å²) in [6.45, 7) is 1.79. The third kappa shape index (κ3) is 3.68. The number of amides is 1. The van der Waals surface area contributed by atoms with Crippen LogP contribution >= 0.6 is 0 Å². The lowest BCUT2D eigenvalue weighted by molar-refractivity contribution is 0.0991. The van der Waals surface area contributed by atoms with Crippen LogP contribution in [0.4, 0.5) is 27.6 Å². The van der Waals surface area contributed by atoms with Crippen LogP contribution in [0.5, 0.6) is 5.75 Å². The second kappa shape index (κ2) is 7.71. The minimum atomic E-state index is -2.32. The Hall–Kier alpha value is -3.36. The first kappa shape index (κ1) is 19.4. The second-order valence-corrected chi connectivity index (χ2v) is 5.72. The van der Waals surface area contributed by atoms with Crippen LogP contribution in [-0.4, -0.2) is 5.91 Å². The van der Waals surface area contributed by atoms with Crippen LogP contribution < -0.4 is 10.1 Å². The van der Waals surface area contributed by atoms with Crippen molar-refractivity contribution >= 4 is 11.6 Å². The van der Waals surface area contributed by atoms with Gasteiger partial charge in [-0.2, -0.15) is 0 Å². The third-order valence-corrected chi connectivity index (χ3v) is 3.80. The molecule has 4 nitrogen and oxygen atoms in total. The Morgan fingerprint density at radius 2 is 1.54 bits per heavy atom. The number of carbonyl (C=O) groups is 1. The lowest BCUT2D eigenvalue weighted by Gasteiger charge is -2.09. The molecule has 9 heteroatoms. The fourth-order valence-corrected chi connectivity index (χ4v) is 2.33. The Morgan fingerprint density at radius 3 is 2.18 bits per heavy atom. The zero-order valence-corrected chi connectivity index (χ0v) is 14.3. The first-order valence-corrected chi connectivity index (χ1v) is 7.89. The lowest BCUT2D eigenvalue weighted by Crippen LogP contribution is -2.16. The minimum Gasteiger partial charge on any atom is -0.485 e. The molecule has 0 saturated carbocycles. The highest BCUT2D eigenvalue weighted by Crippen LogP contribution is 2.27. The number of hydrogen-bond acceptors (Lipinski definition) is 3. The Labute approximate surface area is 155 Å². The molecule has 146 valence electrons. The molecule has 1 heterocycles. The fraction of sp³-hybridized carbons (Fsp3) is 0.105. The summed E-state index contributed by atoms with van der Waals surface area (Å²) in [5, 5.41) is 1.63. The van der Waals surface area contributed by atoms with E-state index in [2.05, 4.69) is 0 Å². The van der Waals surface area contributed by atoms with Crippen molar-refractivity contribution in [1.29, 1.82) is 0 Å². The molecule has 0 aliphatic heterocycles. The molecule has 1 amide bonds. The van der Waals surface area contributed by atoms with E-state index < -0.39 is 46.4 Å². The van der Waals surface area contributed by atoms with Gasteiger partial charge in [0.25, 0.3) is 5.91 Å². The van der Waals surface area contributed by atoms with Gasteiger partial charge in [-0.25, -0.2) is 22.0 Å². The molecule has 0 atom stereocenters. The predicted molar refractivity (Wildman–Crippen MR) is 88.4 cm³/mol. The van der Waals surface area contributed by atoms with Gasteiger partial charge in [-0.3, -0.25) is 4.79 Å². The van der Waals surface area contributed by atoms with Crippen LogP contribution in [0, 0.1) is 36.0 Å². The fourth-order valence-electron chi connectivity index (χ4n) is 2.33. The highest BCUT2D eigenvalue weighted by molar-refractivity contribution is 6.02. The number of anilines is 1. The maximum absolute atomic E-state index is 13.6. The summed E-state index contributed by atoms with van der Waals surface area (Å²) in [5.74, 6) is -11.7. The van der Waals surface area contributed by atoms with Crippen LogP contribution in [-0.2, 0) is 6.61 Å². The van der Waals surface area contributed by atoms with Gasteiger partial charge in [0.2, 0.25) is 5.82 Å². The molecule has 0 unspecified atom stereocenters. The van der Waals surface area contributed by atoms with Gasteiger partial charge in [-0.1, -0.05) is 18.2 Å². The van der Waals surface area contributed by atoms with Gasteiger partial charge >= 0.3 is 0 Å². The number of ether oxygens (including phenoxy) is 1. The highest BCUT2D eigenvalue weighted by Gasteiger charge is 2.27. The standard InChI is InChI=1S/C19H12F5NO3/c1-9-4-2-3-5-11(9)27-8-10-6-7-12(28-10)19(26)25-18-16(23)14(21)13(20)15(22)17(18)24/h2-7H,8H2,1H3,(H,25,26). The number of benzene rings is 2. The van der Waals surface area contributed by atoms with E-state index in [0.717, 1.165) is 5.56 Å². The van der Waals surface area contributed by atoms with Crippen molar-refractivity contribution in [3.8, 4) is 5.75 Å². The molecule has 2 aromatic carbocycles. The van der Waals surface area contributed by atoms with Crippen molar-refractivity contribution in [3.63, 3.8) is 0 Å². The summed E-state index contributed by atoms with van der Waals surface area (Å²) >= 11 is 0. The molecule has 0 fully saturated rings. The van der Waals surface area contributed by atoms with Crippen LogP contribution in [0.2, 0.25) is 0 Å². The normalized spacial score (nSPS) is 10.8. The van der Waals surface area contributed by atoms with Crippen LogP contribution in [0.3, 0.4) is 0 Å². The van der Waals surface area contributed by atoms with Crippen molar-refractivity contribution in [2.45, 2.75) is 13.5 Å². The molecule has 0 spiro atoms. The number of para-hydroxylation sites is 1. The number of furan rings is 1. The largest absolute Gasteiger partial charge is 0.485 e. The number of carbonyl (C=O) groups excluding carboxylic acids is 1. The van der Waals surface area contributed by atoms with Crippen molar-refractivity contribution in [2.75, 3.05) is 5.32 Å². The summed E-state index contributed by atoms with van der Waals surface area (Å²) in [7, 11) is 0. The molecule has 1 aromatic heterocycles. The van der Waals surface area contributed by atoms with E-state index in [1.807, 2.05) is 19.1 Å². The lowest BCUT2D eigenvalue weighted by atomic mass is 10.2. The molecule has 3 aromatic rings. The van der Waals surface area contributed by atoms with E-state index in [-0.39, 0.29) is 12.4 Å². The number of rotatable bonds is 5. The maximum atomic E-state index is 13.6. The molecular formula is C19H12F5NO3. The van der Waals surface area contributed by atoms with Gasteiger partial charge in [0.1, 0.15) is 23.8 Å². The minimum absolute atomic E-state index is 0.0410. The van der Waals surface area contributed by atoms with Crippen molar-refractivity contribution in [3.05, 3.63) is 82.6 Å². The van der Waals surface area contributed by atoms with Crippen molar-refractivity contribution in [1.82, 2.24) is 0 Å². The number of halogens is 5. The summed E-state index contributed by atoms with van der Waals surface area (Å²) < 4.78 is 77.5. The molecule has 28 heavy (non-hydrogen) atoms. The van der Waals surface area contributed by atoms with E-state index in [1.54, 1.807) is 17.4 Å². The first-order chi connectivity index (χ1) is 13.3. The van der Waals surface area contributed by atoms with E-state index in [4.69, 9.17) is 9.15 Å². The SMILES string of the molecule is Cc1ccccc1OCc1ccc(C(=O)Nc2c(F)c(F)c(F)c(F)c2F)o1. The van der Waals surface area contributed by atoms with Gasteiger partial charge in [0, 0.05) is 0 Å². The quantitative estimate of drug-likeness (QED) is 0.370. The maximum Gasteiger partial charge on any atom is 0.291 e. The molecule has 0 radical (unpaired) electrons. The summed E-state index contributed by atoms with van der Waals surface area (Å²) in [5.41, 5.74) is -0.589. The van der Waals surface area contributed by atoms with Gasteiger partial charge in [0.15, 0.2) is 29.0 Å². The molecule has 3 rings (SSSR count). The third-order valence-electron chi connectivity index (χ3n) is 3.80. The van der Waals surface area contributed by atoms with Crippen LogP contribution in [0.1, 0.15) is 21.9 Å². The molecule has 0 saturated heterocycles. The average Bonchev–Trinajstić information content (AvgIpc) is 3.16. The molecule has 0 aliphatic carbocycles. The Bertz CT molecular complexity index is 1020. The zero-order chi connectivity index (χ0) is 20.4. The molecule has 0 aliphatic rings. The van der Waals surface area contributed by atoms with Crippen LogP contribution in [0.25, 0.3) is 0 Å². The highest BCUT2D eigenvalue weighted by atomic mass is 19.2. The number of aryl methyl sites for hydroxylation is 1. The van der Waals surface area contributed by atoms with E-state index in [9.17, 15) is 26.7 Å². The first-order valence-electron chi connectivity index (χ1n) is 7.89. The van der Waals surface area contributed by atoms with Gasteiger partial charge in [0.05, 0.1) is 0 Å². The van der Waals surface area contributed by atoms with E-state index in [1.165, 1.54) is 12.1 Å². The topological polar surface area (TPSA) is 51.5 Å². The van der Waals surface area contributed by atoms with Gasteiger partial charge < -0.3 is 14.5 Å². The molecule has 1 N–H and O–H groups in total. The molecular weight excluding hydrogens is 385 g/mol. The van der Waals surface area contributed by atoms with Crippen molar-refractivity contribution < 1.29 is 35.9 Å². The Balaban J connectivity index is 1.74. The monoisotopic (exact) mass is 397 g/mol. The predicted octanol–water partition coefficient (Wildman–Crippen LogP) is 5.11. The van der Waals surface area contributed by atoms with Gasteiger partial charge in [-0.15, -0.1) is 0 Å². The Morgan fingerprint density at radius 1 is 0.929 bits per heavy atom. The summed E-state index contributed by atoms with van der Waals surface area (Å²) in [6, 6.07) is 9.73. The Kier molecular flexibility index (Phi) is 5.34. The van der Waals surface area contributed by atoms with Crippen LogP contribution in [0.15, 0.2) is 40.8 Å². The van der Waals surface area contributed by atoms with E-state index >= 15 is 0 Å². The zero-order valence-electron chi connectivity index (χ0n) is 14.3. The summed E-state index contributed by atoms with van der Waals surface area (Å²) in [4.78, 5) is 12.1. The molecule has 0 bridgehead atoms. The van der Waals surface area contributed by atoms with E-state index in [0.29, 0.717) is 5.75 Å². The summed E-state index contributed by atoms with van der Waals surface area (Å²) in [6.07, 6.45) is 0. The smallest absolute Gasteiger partial charge is 0.291 e. The average molecular weight is 397 g/mol. The van der Waals surface area contributed by atoms with Crippen molar-refractivity contribution in [2.24, 2.45) is 0 Å².